The minimum absolute atomic E-state index is 0.440. The molecule has 254 valence electrons. The van der Waals surface area contributed by atoms with Crippen molar-refractivity contribution in [1.82, 2.24) is 0 Å². The van der Waals surface area contributed by atoms with Gasteiger partial charge in [-0.1, -0.05) is 24.3 Å². The summed E-state index contributed by atoms with van der Waals surface area (Å²) in [5.74, 6) is 0.766. The Morgan fingerprint density at radius 1 is 0.600 bits per heavy atom. The minimum atomic E-state index is 0.440. The lowest BCUT2D eigenvalue weighted by Crippen LogP contribution is -2.12. The first-order chi connectivity index (χ1) is 24.6. The van der Waals surface area contributed by atoms with Crippen molar-refractivity contribution in [2.24, 2.45) is 0 Å². The maximum atomic E-state index is 11.5. The Kier molecular flexibility index (Phi) is 11.1. The first kappa shape index (κ1) is 34.3. The van der Waals surface area contributed by atoms with Crippen molar-refractivity contribution in [2.75, 3.05) is 51.7 Å². The Bertz CT molecular complexity index is 2150. The van der Waals surface area contributed by atoms with Crippen LogP contribution in [0, 0.1) is 0 Å². The van der Waals surface area contributed by atoms with Crippen LogP contribution < -0.4 is 9.64 Å². The van der Waals surface area contributed by atoms with E-state index in [1.54, 1.807) is 41.1 Å². The maximum absolute atomic E-state index is 11.5. The summed E-state index contributed by atoms with van der Waals surface area (Å²) in [6.07, 6.45) is 1.85. The summed E-state index contributed by atoms with van der Waals surface area (Å²) in [6, 6.07) is 31.5. The number of hydrogen-bond acceptors (Lipinski definition) is 11. The molecule has 0 saturated carbocycles. The van der Waals surface area contributed by atoms with Gasteiger partial charge in [0.2, 0.25) is 0 Å². The number of carbonyl (C=O) groups is 2. The Balaban J connectivity index is 1.10. The van der Waals surface area contributed by atoms with E-state index in [1.165, 1.54) is 16.2 Å². The fourth-order valence-electron chi connectivity index (χ4n) is 5.49. The minimum Gasteiger partial charge on any atom is -0.491 e. The van der Waals surface area contributed by atoms with Gasteiger partial charge < -0.3 is 23.8 Å². The number of thiophene rings is 4. The number of ether oxygens (including phenoxy) is 4. The van der Waals surface area contributed by atoms with E-state index in [4.69, 9.17) is 18.9 Å². The molecule has 0 unspecified atom stereocenters. The fourth-order valence-corrected chi connectivity index (χ4v) is 10.0. The van der Waals surface area contributed by atoms with Crippen molar-refractivity contribution >= 4 is 93.8 Å². The van der Waals surface area contributed by atoms with Crippen LogP contribution in [0.4, 0.5) is 17.1 Å². The maximum Gasteiger partial charge on any atom is 0.160 e. The lowest BCUT2D eigenvalue weighted by atomic mass is 10.1. The molecule has 0 atom stereocenters. The molecule has 11 heteroatoms. The predicted octanol–water partition coefficient (Wildman–Crippen LogP) is 10.7. The van der Waals surface area contributed by atoms with E-state index in [0.29, 0.717) is 39.6 Å². The second kappa shape index (κ2) is 16.2. The number of aldehydes is 2. The third kappa shape index (κ3) is 7.74. The average molecular weight is 740 g/mol. The number of hydrogen-bond donors (Lipinski definition) is 0. The molecule has 0 amide bonds. The molecule has 7 aromatic rings. The summed E-state index contributed by atoms with van der Waals surface area (Å²) in [5, 5.41) is 1.92. The molecule has 0 bridgehead atoms. The highest BCUT2D eigenvalue weighted by Gasteiger charge is 2.16. The van der Waals surface area contributed by atoms with E-state index in [2.05, 4.69) is 77.7 Å². The van der Waals surface area contributed by atoms with Crippen molar-refractivity contribution < 1.29 is 28.5 Å². The summed E-state index contributed by atoms with van der Waals surface area (Å²) >= 11 is 6.48. The summed E-state index contributed by atoms with van der Waals surface area (Å²) in [5.41, 5.74) is 6.02. The number of anilines is 3. The van der Waals surface area contributed by atoms with Gasteiger partial charge in [-0.15, -0.1) is 45.3 Å². The van der Waals surface area contributed by atoms with Crippen LogP contribution in [0.2, 0.25) is 0 Å². The first-order valence-corrected chi connectivity index (χ1v) is 19.3. The van der Waals surface area contributed by atoms with Crippen molar-refractivity contribution in [2.45, 2.75) is 0 Å². The van der Waals surface area contributed by atoms with Gasteiger partial charge in [0.15, 0.2) is 12.6 Å². The molecule has 7 rings (SSSR count). The van der Waals surface area contributed by atoms with Crippen LogP contribution in [-0.2, 0) is 14.2 Å². The molecule has 4 heterocycles. The molecule has 50 heavy (non-hydrogen) atoms. The molecule has 0 N–H and O–H groups in total. The zero-order valence-electron chi connectivity index (χ0n) is 27.2. The van der Waals surface area contributed by atoms with E-state index in [9.17, 15) is 9.59 Å². The number of carbonyl (C=O) groups excluding carboxylic acids is 2. The summed E-state index contributed by atoms with van der Waals surface area (Å²) in [4.78, 5) is 28.0. The highest BCUT2D eigenvalue weighted by atomic mass is 32.1. The molecule has 0 fully saturated rings. The van der Waals surface area contributed by atoms with Gasteiger partial charge >= 0.3 is 0 Å². The fraction of sp³-hybridized carbons (Fsp3) is 0.179. The molecule has 0 saturated heterocycles. The Labute approximate surface area is 305 Å². The molecule has 0 aliphatic carbocycles. The smallest absolute Gasteiger partial charge is 0.160 e. The van der Waals surface area contributed by atoms with Crippen LogP contribution in [0.3, 0.4) is 0 Å². The lowest BCUT2D eigenvalue weighted by Gasteiger charge is -2.26. The molecule has 0 aliphatic rings. The van der Waals surface area contributed by atoms with Crippen LogP contribution in [0.5, 0.6) is 5.75 Å². The second-order valence-electron chi connectivity index (χ2n) is 11.2. The summed E-state index contributed by atoms with van der Waals surface area (Å²) in [7, 11) is 1.65. The second-order valence-corrected chi connectivity index (χ2v) is 15.4. The molecular formula is C39H33NO6S4. The van der Waals surface area contributed by atoms with E-state index in [0.717, 1.165) is 80.6 Å². The van der Waals surface area contributed by atoms with E-state index in [-0.39, 0.29) is 0 Å². The van der Waals surface area contributed by atoms with Gasteiger partial charge in [0.05, 0.1) is 42.6 Å². The zero-order valence-corrected chi connectivity index (χ0v) is 30.4. The molecule has 3 aromatic carbocycles. The van der Waals surface area contributed by atoms with Crippen LogP contribution in [0.25, 0.3) is 39.7 Å². The van der Waals surface area contributed by atoms with Crippen molar-refractivity contribution in [3.63, 3.8) is 0 Å². The van der Waals surface area contributed by atoms with Crippen LogP contribution in [0.15, 0.2) is 96.4 Å². The molecule has 7 nitrogen and oxygen atoms in total. The molecule has 4 aromatic heterocycles. The lowest BCUT2D eigenvalue weighted by molar-refractivity contribution is 0.0180. The van der Waals surface area contributed by atoms with Gasteiger partial charge in [0.1, 0.15) is 12.4 Å². The predicted molar refractivity (Wildman–Crippen MR) is 208 cm³/mol. The number of rotatable bonds is 17. The molecule has 0 spiro atoms. The van der Waals surface area contributed by atoms with Gasteiger partial charge in [0, 0.05) is 59.0 Å². The third-order valence-electron chi connectivity index (χ3n) is 7.96. The van der Waals surface area contributed by atoms with E-state index in [1.807, 2.05) is 23.6 Å². The van der Waals surface area contributed by atoms with Crippen molar-refractivity contribution in [3.05, 3.63) is 107 Å². The van der Waals surface area contributed by atoms with Crippen LogP contribution in [-0.4, -0.2) is 59.3 Å². The topological polar surface area (TPSA) is 74.3 Å². The average Bonchev–Trinajstić information content (AvgIpc) is 3.93. The standard InChI is InChI=1S/C39H33NO6S4/c1-43-14-15-44-16-17-45-18-19-46-32-12-10-31(11-13-32)40(29-6-2-26(3-7-29)34-21-37-36(49-34)20-33(24-42)48-37)30-8-4-27(5-9-30)35-22-38-39(50-35)28(23-41)25-47-38/h2-13,20-25H,14-19H2,1H3. The third-order valence-corrected chi connectivity index (χ3v) is 12.5. The zero-order chi connectivity index (χ0) is 34.3. The van der Waals surface area contributed by atoms with Gasteiger partial charge in [-0.05, 0) is 77.9 Å². The number of methoxy groups -OCH3 is 1. The highest BCUT2D eigenvalue weighted by Crippen LogP contribution is 2.42. The largest absolute Gasteiger partial charge is 0.491 e. The molecule has 0 radical (unpaired) electrons. The highest BCUT2D eigenvalue weighted by molar-refractivity contribution is 7.30. The van der Waals surface area contributed by atoms with Crippen LogP contribution >= 0.6 is 45.3 Å². The van der Waals surface area contributed by atoms with E-state index < -0.39 is 0 Å². The Hall–Kier alpha value is -4.20. The quantitative estimate of drug-likeness (QED) is 0.0680. The van der Waals surface area contributed by atoms with Gasteiger partial charge in [-0.2, -0.15) is 0 Å². The molecule has 0 aliphatic heterocycles. The van der Waals surface area contributed by atoms with Crippen molar-refractivity contribution in [1.29, 1.82) is 0 Å². The number of benzene rings is 3. The van der Waals surface area contributed by atoms with Gasteiger partial charge in [-0.25, -0.2) is 0 Å². The summed E-state index contributed by atoms with van der Waals surface area (Å²) < 4.78 is 26.4. The first-order valence-electron chi connectivity index (χ1n) is 16.0. The van der Waals surface area contributed by atoms with Crippen LogP contribution in [0.1, 0.15) is 20.0 Å². The van der Waals surface area contributed by atoms with Gasteiger partial charge in [-0.3, -0.25) is 9.59 Å². The van der Waals surface area contributed by atoms with Crippen molar-refractivity contribution in [3.8, 4) is 26.6 Å². The Morgan fingerprint density at radius 3 is 1.76 bits per heavy atom. The molecular weight excluding hydrogens is 707 g/mol. The van der Waals surface area contributed by atoms with Gasteiger partial charge in [0.25, 0.3) is 0 Å². The normalized spacial score (nSPS) is 11.4. The number of nitrogens with zero attached hydrogens (tertiary/aromatic N) is 1. The summed E-state index contributed by atoms with van der Waals surface area (Å²) in [6.45, 7) is 3.08. The Morgan fingerprint density at radius 2 is 1.16 bits per heavy atom. The monoisotopic (exact) mass is 739 g/mol. The van der Waals surface area contributed by atoms with E-state index >= 15 is 0 Å². The SMILES string of the molecule is COCCOCCOCCOc1ccc(N(c2ccc(-c3cc4sc(C=O)cc4s3)cc2)c2ccc(-c3cc4scc(C=O)c4s3)cc2)cc1. The number of fused-ring (bicyclic) bond motifs is 2.